The molecular weight excluding hydrogens is 350 g/mol. The van der Waals surface area contributed by atoms with Gasteiger partial charge in [0.2, 0.25) is 0 Å². The molecule has 0 saturated heterocycles. The van der Waals surface area contributed by atoms with Crippen molar-refractivity contribution in [2.24, 2.45) is 17.8 Å². The second kappa shape index (κ2) is 10.1. The lowest BCUT2D eigenvalue weighted by molar-refractivity contribution is 0.0917. The largest absolute Gasteiger partial charge is 0.493 e. The lowest BCUT2D eigenvalue weighted by Gasteiger charge is -2.25. The fourth-order valence-electron chi connectivity index (χ4n) is 4.64. The number of nitrogens with one attached hydrogen (secondary N) is 1. The van der Waals surface area contributed by atoms with Gasteiger partial charge in [-0.2, -0.15) is 0 Å². The third-order valence-corrected chi connectivity index (χ3v) is 6.64. The molecule has 0 spiro atoms. The van der Waals surface area contributed by atoms with Gasteiger partial charge in [-0.25, -0.2) is 0 Å². The fraction of sp³-hybridized carbons (Fsp3) is 0.625. The molecule has 0 aliphatic heterocycles. The molecule has 0 bridgehead atoms. The molecule has 4 heteroatoms. The molecule has 3 rings (SSSR count). The van der Waals surface area contributed by atoms with Gasteiger partial charge in [-0.05, 0) is 80.5 Å². The first kappa shape index (κ1) is 20.9. The molecule has 0 heterocycles. The Bertz CT molecular complexity index is 634. The van der Waals surface area contributed by atoms with E-state index in [1.807, 2.05) is 30.3 Å². The van der Waals surface area contributed by atoms with Gasteiger partial charge in [0.15, 0.2) is 0 Å². The summed E-state index contributed by atoms with van der Waals surface area (Å²) in [5, 5.41) is 12.7. The summed E-state index contributed by atoms with van der Waals surface area (Å²) in [7, 11) is 0. The molecular formula is C24H35NO3. The van der Waals surface area contributed by atoms with E-state index in [0.29, 0.717) is 24.0 Å². The Morgan fingerprint density at radius 2 is 1.86 bits per heavy atom. The number of benzene rings is 1. The number of ether oxygens (including phenoxy) is 1. The number of rotatable bonds is 8. The van der Waals surface area contributed by atoms with Crippen molar-refractivity contribution in [2.75, 3.05) is 6.61 Å². The first-order valence-corrected chi connectivity index (χ1v) is 10.9. The second-order valence-electron chi connectivity index (χ2n) is 8.59. The third-order valence-electron chi connectivity index (χ3n) is 6.64. The quantitative estimate of drug-likeness (QED) is 0.636. The standard InChI is InChI=1S/C24H35NO3/c1-3-17-5-8-20(15-17)23(4-2)25-24(27)19-9-13-22(14-10-19)28-16-18-6-11-21(26)12-7-18/h4,9-10,13-14,17-18,20-21,23,26H,2-3,5-8,11-12,15-16H2,1H3,(H,25,27). The Balaban J connectivity index is 1.48. The van der Waals surface area contributed by atoms with Crippen molar-refractivity contribution in [3.63, 3.8) is 0 Å². The highest BCUT2D eigenvalue weighted by Crippen LogP contribution is 2.35. The van der Waals surface area contributed by atoms with Crippen LogP contribution in [-0.4, -0.2) is 29.8 Å². The number of amides is 1. The number of aliphatic hydroxyl groups excluding tert-OH is 1. The molecule has 1 aromatic rings. The van der Waals surface area contributed by atoms with Crippen LogP contribution in [0.25, 0.3) is 0 Å². The van der Waals surface area contributed by atoms with Crippen LogP contribution in [0.5, 0.6) is 5.75 Å². The van der Waals surface area contributed by atoms with Crippen LogP contribution < -0.4 is 10.1 Å². The van der Waals surface area contributed by atoms with Crippen molar-refractivity contribution < 1.29 is 14.6 Å². The SMILES string of the molecule is C=CC(NC(=O)c1ccc(OCC2CCC(O)CC2)cc1)C1CCC(CC)C1. The minimum Gasteiger partial charge on any atom is -0.493 e. The summed E-state index contributed by atoms with van der Waals surface area (Å²) in [4.78, 5) is 12.6. The maximum Gasteiger partial charge on any atom is 0.251 e. The number of carbonyl (C=O) groups excluding carboxylic acids is 1. The molecule has 28 heavy (non-hydrogen) atoms. The second-order valence-corrected chi connectivity index (χ2v) is 8.59. The van der Waals surface area contributed by atoms with Crippen molar-refractivity contribution in [2.45, 2.75) is 70.4 Å². The van der Waals surface area contributed by atoms with E-state index in [-0.39, 0.29) is 18.1 Å². The van der Waals surface area contributed by atoms with Crippen molar-refractivity contribution in [1.82, 2.24) is 5.32 Å². The molecule has 2 aliphatic rings. The van der Waals surface area contributed by atoms with Gasteiger partial charge in [-0.3, -0.25) is 4.79 Å². The van der Waals surface area contributed by atoms with E-state index in [0.717, 1.165) is 37.4 Å². The van der Waals surface area contributed by atoms with E-state index in [4.69, 9.17) is 4.74 Å². The zero-order valence-electron chi connectivity index (χ0n) is 17.1. The van der Waals surface area contributed by atoms with Crippen molar-refractivity contribution in [3.8, 4) is 5.75 Å². The molecule has 1 amide bonds. The summed E-state index contributed by atoms with van der Waals surface area (Å²) in [6, 6.07) is 7.45. The summed E-state index contributed by atoms with van der Waals surface area (Å²) in [6.45, 7) is 6.86. The van der Waals surface area contributed by atoms with Gasteiger partial charge in [0.1, 0.15) is 5.75 Å². The Hall–Kier alpha value is -1.81. The maximum absolute atomic E-state index is 12.6. The van der Waals surface area contributed by atoms with Gasteiger partial charge in [0.05, 0.1) is 12.7 Å². The molecule has 2 N–H and O–H groups in total. The zero-order chi connectivity index (χ0) is 19.9. The average Bonchev–Trinajstić information content (AvgIpc) is 3.21. The normalized spacial score (nSPS) is 28.5. The van der Waals surface area contributed by atoms with Crippen molar-refractivity contribution >= 4 is 5.91 Å². The Kier molecular flexibility index (Phi) is 7.55. The predicted octanol–water partition coefficient (Wildman–Crippen LogP) is 4.73. The predicted molar refractivity (Wildman–Crippen MR) is 112 cm³/mol. The summed E-state index contributed by atoms with van der Waals surface area (Å²) in [5.41, 5.74) is 0.657. The van der Waals surface area contributed by atoms with Gasteiger partial charge in [0, 0.05) is 11.6 Å². The first-order chi connectivity index (χ1) is 13.6. The maximum atomic E-state index is 12.6. The van der Waals surface area contributed by atoms with Crippen LogP contribution in [0.15, 0.2) is 36.9 Å². The van der Waals surface area contributed by atoms with Crippen LogP contribution in [0.4, 0.5) is 0 Å². The molecule has 1 aromatic carbocycles. The van der Waals surface area contributed by atoms with E-state index in [9.17, 15) is 9.90 Å². The summed E-state index contributed by atoms with van der Waals surface area (Å²) >= 11 is 0. The molecule has 0 aromatic heterocycles. The summed E-state index contributed by atoms with van der Waals surface area (Å²) < 4.78 is 5.89. The Morgan fingerprint density at radius 1 is 1.18 bits per heavy atom. The number of hydrogen-bond acceptors (Lipinski definition) is 3. The minimum atomic E-state index is -0.134. The molecule has 3 unspecified atom stereocenters. The molecule has 3 atom stereocenters. The van der Waals surface area contributed by atoms with Gasteiger partial charge in [0.25, 0.3) is 5.91 Å². The Morgan fingerprint density at radius 3 is 2.46 bits per heavy atom. The highest BCUT2D eigenvalue weighted by Gasteiger charge is 2.29. The minimum absolute atomic E-state index is 0.0432. The van der Waals surface area contributed by atoms with Gasteiger partial charge < -0.3 is 15.2 Å². The van der Waals surface area contributed by atoms with Gasteiger partial charge >= 0.3 is 0 Å². The van der Waals surface area contributed by atoms with E-state index in [2.05, 4.69) is 18.8 Å². The van der Waals surface area contributed by atoms with Crippen molar-refractivity contribution in [3.05, 3.63) is 42.5 Å². The molecule has 4 nitrogen and oxygen atoms in total. The number of hydrogen-bond donors (Lipinski definition) is 2. The summed E-state index contributed by atoms with van der Waals surface area (Å²) in [5.74, 6) is 2.55. The van der Waals surface area contributed by atoms with E-state index in [1.165, 1.54) is 25.7 Å². The van der Waals surface area contributed by atoms with E-state index in [1.54, 1.807) is 0 Å². The summed E-state index contributed by atoms with van der Waals surface area (Å²) in [6.07, 6.45) is 10.4. The van der Waals surface area contributed by atoms with Gasteiger partial charge in [-0.1, -0.05) is 25.8 Å². The first-order valence-electron chi connectivity index (χ1n) is 10.9. The molecule has 2 aliphatic carbocycles. The number of carbonyl (C=O) groups is 1. The Labute approximate surface area is 169 Å². The highest BCUT2D eigenvalue weighted by atomic mass is 16.5. The van der Waals surface area contributed by atoms with E-state index < -0.39 is 0 Å². The molecule has 0 radical (unpaired) electrons. The van der Waals surface area contributed by atoms with Crippen LogP contribution in [0, 0.1) is 17.8 Å². The fourth-order valence-corrected chi connectivity index (χ4v) is 4.64. The zero-order valence-corrected chi connectivity index (χ0v) is 17.1. The van der Waals surface area contributed by atoms with Crippen LogP contribution in [0.2, 0.25) is 0 Å². The topological polar surface area (TPSA) is 58.6 Å². The molecule has 2 saturated carbocycles. The number of aliphatic hydroxyl groups is 1. The van der Waals surface area contributed by atoms with Crippen LogP contribution >= 0.6 is 0 Å². The lowest BCUT2D eigenvalue weighted by Crippen LogP contribution is -2.38. The van der Waals surface area contributed by atoms with Crippen LogP contribution in [0.3, 0.4) is 0 Å². The molecule has 154 valence electrons. The third kappa shape index (κ3) is 5.60. The van der Waals surface area contributed by atoms with Gasteiger partial charge in [-0.15, -0.1) is 6.58 Å². The monoisotopic (exact) mass is 385 g/mol. The van der Waals surface area contributed by atoms with E-state index >= 15 is 0 Å². The highest BCUT2D eigenvalue weighted by molar-refractivity contribution is 5.94. The van der Waals surface area contributed by atoms with Crippen LogP contribution in [-0.2, 0) is 0 Å². The van der Waals surface area contributed by atoms with Crippen molar-refractivity contribution in [1.29, 1.82) is 0 Å². The lowest BCUT2D eigenvalue weighted by atomic mass is 9.88. The molecule has 2 fully saturated rings. The smallest absolute Gasteiger partial charge is 0.251 e. The average molecular weight is 386 g/mol. The van der Waals surface area contributed by atoms with Crippen LogP contribution in [0.1, 0.15) is 68.6 Å².